The highest BCUT2D eigenvalue weighted by Crippen LogP contribution is 2.27. The van der Waals surface area contributed by atoms with Gasteiger partial charge in [-0.1, -0.05) is 36.0 Å². The maximum absolute atomic E-state index is 13.0. The smallest absolute Gasteiger partial charge is 0.237 e. The second kappa shape index (κ2) is 12.4. The summed E-state index contributed by atoms with van der Waals surface area (Å²) in [6.45, 7) is 8.37. The highest BCUT2D eigenvalue weighted by molar-refractivity contribution is 8.00. The first kappa shape index (κ1) is 26.9. The van der Waals surface area contributed by atoms with Crippen LogP contribution in [0.1, 0.15) is 30.8 Å². The summed E-state index contributed by atoms with van der Waals surface area (Å²) in [5, 5.41) is 14.6. The molecular weight excluding hydrogens is 498 g/mol. The van der Waals surface area contributed by atoms with Crippen molar-refractivity contribution in [3.05, 3.63) is 89.7 Å². The largest absolute Gasteiger partial charge is 0.494 e. The Hall–Kier alpha value is -4.11. The van der Waals surface area contributed by atoms with Crippen molar-refractivity contribution in [1.29, 1.82) is 0 Å². The average molecular weight is 530 g/mol. The van der Waals surface area contributed by atoms with Crippen LogP contribution in [0.25, 0.3) is 5.69 Å². The Bertz CT molecular complexity index is 1400. The van der Waals surface area contributed by atoms with E-state index in [1.807, 2.05) is 92.9 Å². The van der Waals surface area contributed by atoms with Crippen LogP contribution < -0.4 is 15.4 Å². The number of hydrogen-bond acceptors (Lipinski definition) is 6. The Morgan fingerprint density at radius 2 is 1.63 bits per heavy atom. The maximum atomic E-state index is 13.0. The minimum Gasteiger partial charge on any atom is -0.494 e. The van der Waals surface area contributed by atoms with E-state index in [2.05, 4.69) is 20.8 Å². The molecule has 2 N–H and O–H groups in total. The molecule has 38 heavy (non-hydrogen) atoms. The third-order valence-corrected chi connectivity index (χ3v) is 6.95. The lowest BCUT2D eigenvalue weighted by molar-refractivity contribution is -0.116. The van der Waals surface area contributed by atoms with Gasteiger partial charge in [-0.05, 0) is 87.4 Å². The fraction of sp³-hybridized carbons (Fsp3) is 0.241. The van der Waals surface area contributed by atoms with Gasteiger partial charge in [-0.25, -0.2) is 0 Å². The highest BCUT2D eigenvalue weighted by Gasteiger charge is 2.22. The number of carbonyl (C=O) groups is 2. The lowest BCUT2D eigenvalue weighted by Crippen LogP contribution is -2.23. The van der Waals surface area contributed by atoms with E-state index in [4.69, 9.17) is 4.74 Å². The summed E-state index contributed by atoms with van der Waals surface area (Å²) in [6.07, 6.45) is 0.0128. The predicted octanol–water partition coefficient (Wildman–Crippen LogP) is 5.58. The number of nitrogens with one attached hydrogen (secondary N) is 2. The van der Waals surface area contributed by atoms with Gasteiger partial charge in [-0.3, -0.25) is 14.2 Å². The standard InChI is InChI=1S/C29H31N5O3S/c1-5-37-25-15-13-22(14-16-25)30-27(35)18-26-32-33-29(34(26)24-9-7-6-8-10-24)38-21(4)28(36)31-23-12-11-19(2)20(3)17-23/h6-17,21H,5,18H2,1-4H3,(H,30,35)(H,31,36). The lowest BCUT2D eigenvalue weighted by atomic mass is 10.1. The number of aromatic nitrogens is 3. The van der Waals surface area contributed by atoms with Crippen LogP contribution in [-0.2, 0) is 16.0 Å². The van der Waals surface area contributed by atoms with Gasteiger partial charge in [-0.15, -0.1) is 10.2 Å². The fourth-order valence-electron chi connectivity index (χ4n) is 3.75. The molecule has 1 atom stereocenters. The molecule has 2 amide bonds. The summed E-state index contributed by atoms with van der Waals surface area (Å²) in [4.78, 5) is 25.8. The van der Waals surface area contributed by atoms with Gasteiger partial charge < -0.3 is 15.4 Å². The van der Waals surface area contributed by atoms with Crippen molar-refractivity contribution >= 4 is 35.0 Å². The van der Waals surface area contributed by atoms with E-state index in [1.54, 1.807) is 12.1 Å². The zero-order valence-electron chi connectivity index (χ0n) is 21.9. The molecule has 0 fully saturated rings. The Labute approximate surface area is 226 Å². The third kappa shape index (κ3) is 6.80. The van der Waals surface area contributed by atoms with Crippen LogP contribution in [0.5, 0.6) is 5.75 Å². The zero-order valence-corrected chi connectivity index (χ0v) is 22.7. The highest BCUT2D eigenvalue weighted by atomic mass is 32.2. The summed E-state index contributed by atoms with van der Waals surface area (Å²) in [5.74, 6) is 0.849. The summed E-state index contributed by atoms with van der Waals surface area (Å²) in [6, 6.07) is 22.6. The molecule has 0 aliphatic rings. The SMILES string of the molecule is CCOc1ccc(NC(=O)Cc2nnc(SC(C)C(=O)Nc3ccc(C)c(C)c3)n2-c2ccccc2)cc1. The van der Waals surface area contributed by atoms with Crippen molar-refractivity contribution < 1.29 is 14.3 Å². The number of hydrogen-bond donors (Lipinski definition) is 2. The maximum Gasteiger partial charge on any atom is 0.237 e. The Balaban J connectivity index is 1.50. The van der Waals surface area contributed by atoms with Gasteiger partial charge in [0.1, 0.15) is 11.6 Å². The molecule has 196 valence electrons. The molecule has 0 aliphatic heterocycles. The third-order valence-electron chi connectivity index (χ3n) is 5.91. The van der Waals surface area contributed by atoms with Crippen molar-refractivity contribution in [3.63, 3.8) is 0 Å². The summed E-state index contributed by atoms with van der Waals surface area (Å²) in [5.41, 5.74) is 4.50. The lowest BCUT2D eigenvalue weighted by Gasteiger charge is -2.14. The Kier molecular flexibility index (Phi) is 8.81. The number of aryl methyl sites for hydroxylation is 2. The summed E-state index contributed by atoms with van der Waals surface area (Å²) >= 11 is 1.29. The number of carbonyl (C=O) groups excluding carboxylic acids is 2. The number of ether oxygens (including phenoxy) is 1. The number of rotatable bonds is 10. The van der Waals surface area contributed by atoms with Crippen molar-refractivity contribution in [2.24, 2.45) is 0 Å². The van der Waals surface area contributed by atoms with Crippen molar-refractivity contribution in [3.8, 4) is 11.4 Å². The van der Waals surface area contributed by atoms with Crippen LogP contribution in [0.4, 0.5) is 11.4 Å². The van der Waals surface area contributed by atoms with Crippen molar-refractivity contribution in [2.45, 2.75) is 44.5 Å². The number of nitrogens with zero attached hydrogens (tertiary/aromatic N) is 3. The first-order valence-electron chi connectivity index (χ1n) is 12.4. The van der Waals surface area contributed by atoms with Gasteiger partial charge in [0.05, 0.1) is 18.3 Å². The average Bonchev–Trinajstić information content (AvgIpc) is 3.29. The minimum atomic E-state index is -0.450. The van der Waals surface area contributed by atoms with Crippen LogP contribution in [0, 0.1) is 13.8 Å². The molecule has 0 saturated carbocycles. The van der Waals surface area contributed by atoms with Gasteiger partial charge in [0.25, 0.3) is 0 Å². The van der Waals surface area contributed by atoms with Gasteiger partial charge in [0, 0.05) is 17.1 Å². The molecule has 0 spiro atoms. The number of benzene rings is 3. The van der Waals surface area contributed by atoms with Gasteiger partial charge in [0.15, 0.2) is 5.16 Å². The van der Waals surface area contributed by atoms with Gasteiger partial charge in [-0.2, -0.15) is 0 Å². The second-order valence-corrected chi connectivity index (χ2v) is 10.1. The Morgan fingerprint density at radius 1 is 0.921 bits per heavy atom. The monoisotopic (exact) mass is 529 g/mol. The fourth-order valence-corrected chi connectivity index (χ4v) is 4.64. The molecule has 0 bridgehead atoms. The van der Waals surface area contributed by atoms with Gasteiger partial charge >= 0.3 is 0 Å². The molecule has 4 aromatic rings. The quantitative estimate of drug-likeness (QED) is 0.260. The summed E-state index contributed by atoms with van der Waals surface area (Å²) in [7, 11) is 0. The molecule has 1 aromatic heterocycles. The molecule has 9 heteroatoms. The van der Waals surface area contributed by atoms with E-state index >= 15 is 0 Å². The number of anilines is 2. The second-order valence-electron chi connectivity index (χ2n) is 8.80. The number of thioether (sulfide) groups is 1. The van der Waals surface area contributed by atoms with E-state index in [-0.39, 0.29) is 18.2 Å². The molecule has 0 saturated heterocycles. The topological polar surface area (TPSA) is 98.1 Å². The van der Waals surface area contributed by atoms with E-state index in [0.717, 1.165) is 22.7 Å². The molecule has 3 aromatic carbocycles. The van der Waals surface area contributed by atoms with E-state index in [0.29, 0.717) is 23.3 Å². The molecule has 1 unspecified atom stereocenters. The normalized spacial score (nSPS) is 11.6. The minimum absolute atomic E-state index is 0.0128. The van der Waals surface area contributed by atoms with E-state index in [1.165, 1.54) is 17.3 Å². The predicted molar refractivity (Wildman–Crippen MR) is 151 cm³/mol. The Morgan fingerprint density at radius 3 is 2.32 bits per heavy atom. The van der Waals surface area contributed by atoms with Crippen molar-refractivity contribution in [2.75, 3.05) is 17.2 Å². The molecule has 1 heterocycles. The van der Waals surface area contributed by atoms with Crippen molar-refractivity contribution in [1.82, 2.24) is 14.8 Å². The number of amides is 2. The van der Waals surface area contributed by atoms with Crippen LogP contribution in [-0.4, -0.2) is 38.4 Å². The van der Waals surface area contributed by atoms with Crippen LogP contribution in [0.15, 0.2) is 78.0 Å². The summed E-state index contributed by atoms with van der Waals surface area (Å²) < 4.78 is 7.28. The molecule has 8 nitrogen and oxygen atoms in total. The molecule has 0 radical (unpaired) electrons. The first-order chi connectivity index (χ1) is 18.3. The van der Waals surface area contributed by atoms with E-state index in [9.17, 15) is 9.59 Å². The molecule has 4 rings (SSSR count). The van der Waals surface area contributed by atoms with Crippen LogP contribution in [0.3, 0.4) is 0 Å². The van der Waals surface area contributed by atoms with E-state index < -0.39 is 5.25 Å². The van der Waals surface area contributed by atoms with Crippen LogP contribution in [0.2, 0.25) is 0 Å². The van der Waals surface area contributed by atoms with Gasteiger partial charge in [0.2, 0.25) is 11.8 Å². The van der Waals surface area contributed by atoms with Crippen LogP contribution >= 0.6 is 11.8 Å². The molecule has 0 aliphatic carbocycles. The zero-order chi connectivity index (χ0) is 27.1. The molecular formula is C29H31N5O3S. The first-order valence-corrected chi connectivity index (χ1v) is 13.3. The number of para-hydroxylation sites is 1.